The molecule has 0 saturated carbocycles. The van der Waals surface area contributed by atoms with Crippen molar-refractivity contribution in [1.82, 2.24) is 15.5 Å². The van der Waals surface area contributed by atoms with Gasteiger partial charge in [-0.1, -0.05) is 24.3 Å². The van der Waals surface area contributed by atoms with E-state index in [1.54, 1.807) is 7.05 Å². The summed E-state index contributed by atoms with van der Waals surface area (Å²) in [4.78, 5) is 6.55. The van der Waals surface area contributed by atoms with E-state index in [-0.39, 0.29) is 30.1 Å². The van der Waals surface area contributed by atoms with Crippen molar-refractivity contribution in [2.24, 2.45) is 4.99 Å². The molecule has 124 valence electrons. The smallest absolute Gasteiger partial charge is 0.190 e. The van der Waals surface area contributed by atoms with E-state index >= 15 is 0 Å². The van der Waals surface area contributed by atoms with E-state index in [1.165, 1.54) is 11.1 Å². The van der Waals surface area contributed by atoms with Crippen LogP contribution in [0, 0.1) is 0 Å². The van der Waals surface area contributed by atoms with Crippen LogP contribution in [0.15, 0.2) is 29.3 Å². The number of nitrogens with one attached hydrogen (secondary N) is 2. The van der Waals surface area contributed by atoms with Crippen molar-refractivity contribution in [2.75, 3.05) is 27.2 Å². The lowest BCUT2D eigenvalue weighted by atomic mass is 10.0. The first kappa shape index (κ1) is 19.2. The van der Waals surface area contributed by atoms with Gasteiger partial charge in [-0.25, -0.2) is 0 Å². The number of rotatable bonds is 4. The van der Waals surface area contributed by atoms with Crippen molar-refractivity contribution >= 4 is 29.9 Å². The minimum atomic E-state index is -0.114. The zero-order valence-corrected chi connectivity index (χ0v) is 15.7. The van der Waals surface area contributed by atoms with E-state index in [0.29, 0.717) is 0 Å². The molecule has 1 aromatic carbocycles. The first-order valence-electron chi connectivity index (χ1n) is 7.58. The summed E-state index contributed by atoms with van der Waals surface area (Å²) in [5.74, 6) is 0.797. The van der Waals surface area contributed by atoms with Crippen LogP contribution in [0.25, 0.3) is 0 Å². The standard InChI is InChI=1S/C16H26N4O.HI/c1-17-16(18-2)19-11-13-5-3-4-6-14(13)12-20-9-7-15(21)8-10-20;/h3-6,15,21H,7-12H2,1-2H3,(H2,17,18,19);1H. The van der Waals surface area contributed by atoms with Gasteiger partial charge in [0.15, 0.2) is 5.96 Å². The molecule has 0 unspecified atom stereocenters. The molecule has 0 amide bonds. The van der Waals surface area contributed by atoms with Crippen molar-refractivity contribution in [2.45, 2.75) is 32.0 Å². The Balaban J connectivity index is 0.00000242. The van der Waals surface area contributed by atoms with E-state index in [2.05, 4.69) is 44.8 Å². The Kier molecular flexibility index (Phi) is 8.74. The van der Waals surface area contributed by atoms with Gasteiger partial charge < -0.3 is 15.7 Å². The van der Waals surface area contributed by atoms with Gasteiger partial charge in [0, 0.05) is 40.3 Å². The van der Waals surface area contributed by atoms with Crippen LogP contribution in [0.5, 0.6) is 0 Å². The van der Waals surface area contributed by atoms with Gasteiger partial charge in [-0.15, -0.1) is 24.0 Å². The highest BCUT2D eigenvalue weighted by atomic mass is 127. The lowest BCUT2D eigenvalue weighted by Gasteiger charge is -2.30. The molecular formula is C16H27IN4O. The molecule has 1 aliphatic rings. The number of nitrogens with zero attached hydrogens (tertiary/aromatic N) is 2. The number of benzene rings is 1. The van der Waals surface area contributed by atoms with Crippen molar-refractivity contribution in [1.29, 1.82) is 0 Å². The maximum atomic E-state index is 9.59. The summed E-state index contributed by atoms with van der Waals surface area (Å²) in [5, 5.41) is 15.9. The summed E-state index contributed by atoms with van der Waals surface area (Å²) in [5.41, 5.74) is 2.63. The van der Waals surface area contributed by atoms with Gasteiger partial charge in [-0.3, -0.25) is 9.89 Å². The highest BCUT2D eigenvalue weighted by Crippen LogP contribution is 2.16. The fourth-order valence-corrected chi connectivity index (χ4v) is 2.66. The second kappa shape index (κ2) is 10.0. The molecule has 0 atom stereocenters. The number of hydrogen-bond donors (Lipinski definition) is 3. The first-order chi connectivity index (χ1) is 10.2. The zero-order chi connectivity index (χ0) is 15.1. The molecule has 1 heterocycles. The minimum absolute atomic E-state index is 0. The maximum Gasteiger partial charge on any atom is 0.190 e. The summed E-state index contributed by atoms with van der Waals surface area (Å²) in [6.45, 7) is 3.66. The number of hydrogen-bond acceptors (Lipinski definition) is 3. The maximum absolute atomic E-state index is 9.59. The molecule has 0 spiro atoms. The van der Waals surface area contributed by atoms with E-state index in [0.717, 1.165) is 45.0 Å². The van der Waals surface area contributed by atoms with E-state index in [9.17, 15) is 5.11 Å². The number of aliphatic hydroxyl groups is 1. The van der Waals surface area contributed by atoms with E-state index in [4.69, 9.17) is 0 Å². The molecule has 5 nitrogen and oxygen atoms in total. The molecular weight excluding hydrogens is 391 g/mol. The molecule has 0 aromatic heterocycles. The van der Waals surface area contributed by atoms with Crippen LogP contribution in [0.1, 0.15) is 24.0 Å². The van der Waals surface area contributed by atoms with Gasteiger partial charge in [0.05, 0.1) is 6.10 Å². The molecule has 3 N–H and O–H groups in total. The summed E-state index contributed by atoms with van der Waals surface area (Å²) in [7, 11) is 3.63. The highest BCUT2D eigenvalue weighted by Gasteiger charge is 2.17. The second-order valence-electron chi connectivity index (χ2n) is 5.45. The number of likely N-dealkylation sites (tertiary alicyclic amines) is 1. The molecule has 0 bridgehead atoms. The molecule has 22 heavy (non-hydrogen) atoms. The summed E-state index contributed by atoms with van der Waals surface area (Å²) < 4.78 is 0. The lowest BCUT2D eigenvalue weighted by molar-refractivity contribution is 0.0791. The van der Waals surface area contributed by atoms with Crippen molar-refractivity contribution in [3.8, 4) is 0 Å². The number of aliphatic hydroxyl groups excluding tert-OH is 1. The summed E-state index contributed by atoms with van der Waals surface area (Å²) >= 11 is 0. The number of halogens is 1. The van der Waals surface area contributed by atoms with Crippen LogP contribution in [-0.4, -0.2) is 49.3 Å². The molecule has 1 saturated heterocycles. The van der Waals surface area contributed by atoms with Crippen LogP contribution in [0.2, 0.25) is 0 Å². The average Bonchev–Trinajstić information content (AvgIpc) is 2.52. The molecule has 2 rings (SSSR count). The Labute approximate surface area is 150 Å². The lowest BCUT2D eigenvalue weighted by Crippen LogP contribution is -2.36. The molecule has 0 radical (unpaired) electrons. The normalized spacial score (nSPS) is 17.0. The Morgan fingerprint density at radius 3 is 2.50 bits per heavy atom. The largest absolute Gasteiger partial charge is 0.393 e. The predicted octanol–water partition coefficient (Wildman–Crippen LogP) is 1.56. The van der Waals surface area contributed by atoms with Gasteiger partial charge in [-0.2, -0.15) is 0 Å². The molecule has 0 aliphatic carbocycles. The van der Waals surface area contributed by atoms with Gasteiger partial charge in [-0.05, 0) is 24.0 Å². The zero-order valence-electron chi connectivity index (χ0n) is 13.4. The average molecular weight is 418 g/mol. The van der Waals surface area contributed by atoms with E-state index < -0.39 is 0 Å². The van der Waals surface area contributed by atoms with E-state index in [1.807, 2.05) is 7.05 Å². The molecule has 6 heteroatoms. The fourth-order valence-electron chi connectivity index (χ4n) is 2.66. The summed E-state index contributed by atoms with van der Waals surface area (Å²) in [6.07, 6.45) is 1.65. The van der Waals surface area contributed by atoms with Crippen LogP contribution >= 0.6 is 24.0 Å². The fraction of sp³-hybridized carbons (Fsp3) is 0.562. The van der Waals surface area contributed by atoms with Crippen LogP contribution < -0.4 is 10.6 Å². The van der Waals surface area contributed by atoms with Gasteiger partial charge in [0.2, 0.25) is 0 Å². The third kappa shape index (κ3) is 5.73. The Bertz CT molecular complexity index is 473. The molecule has 1 aliphatic heterocycles. The molecule has 1 fully saturated rings. The molecule has 1 aromatic rings. The van der Waals surface area contributed by atoms with Crippen molar-refractivity contribution < 1.29 is 5.11 Å². The first-order valence-corrected chi connectivity index (χ1v) is 7.58. The Hall–Kier alpha value is -0.860. The monoisotopic (exact) mass is 418 g/mol. The topological polar surface area (TPSA) is 59.9 Å². The Morgan fingerprint density at radius 2 is 1.91 bits per heavy atom. The third-order valence-corrected chi connectivity index (χ3v) is 3.98. The van der Waals surface area contributed by atoms with Crippen LogP contribution in [0.4, 0.5) is 0 Å². The third-order valence-electron chi connectivity index (χ3n) is 3.98. The predicted molar refractivity (Wildman–Crippen MR) is 102 cm³/mol. The van der Waals surface area contributed by atoms with Gasteiger partial charge in [0.25, 0.3) is 0 Å². The number of piperidine rings is 1. The number of guanidine groups is 1. The Morgan fingerprint density at radius 1 is 1.27 bits per heavy atom. The summed E-state index contributed by atoms with van der Waals surface area (Å²) in [6, 6.07) is 8.50. The minimum Gasteiger partial charge on any atom is -0.393 e. The van der Waals surface area contributed by atoms with Gasteiger partial charge >= 0.3 is 0 Å². The SMILES string of the molecule is CN=C(NC)NCc1ccccc1CN1CCC(O)CC1.I. The van der Waals surface area contributed by atoms with Crippen molar-refractivity contribution in [3.63, 3.8) is 0 Å². The van der Waals surface area contributed by atoms with Crippen LogP contribution in [-0.2, 0) is 13.1 Å². The second-order valence-corrected chi connectivity index (χ2v) is 5.45. The highest BCUT2D eigenvalue weighted by molar-refractivity contribution is 14.0. The number of aliphatic imine (C=N–C) groups is 1. The van der Waals surface area contributed by atoms with Crippen LogP contribution in [0.3, 0.4) is 0 Å². The quantitative estimate of drug-likeness (QED) is 0.395. The van der Waals surface area contributed by atoms with Gasteiger partial charge in [0.1, 0.15) is 0 Å². The van der Waals surface area contributed by atoms with Crippen molar-refractivity contribution in [3.05, 3.63) is 35.4 Å².